The molecule has 1 aliphatic rings. The van der Waals surface area contributed by atoms with Crippen LogP contribution in [0, 0.1) is 0 Å². The van der Waals surface area contributed by atoms with Crippen LogP contribution in [0.25, 0.3) is 5.57 Å². The third-order valence-electron chi connectivity index (χ3n) is 5.24. The number of carbonyl (C=O) groups is 3. The summed E-state index contributed by atoms with van der Waals surface area (Å²) in [4.78, 5) is 40.3. The van der Waals surface area contributed by atoms with Gasteiger partial charge in [-0.2, -0.15) is 0 Å². The van der Waals surface area contributed by atoms with E-state index in [1.165, 1.54) is 0 Å². The van der Waals surface area contributed by atoms with Crippen LogP contribution in [-0.4, -0.2) is 56.5 Å². The predicted octanol–water partition coefficient (Wildman–Crippen LogP) is 3.57. The molecule has 0 saturated carbocycles. The highest BCUT2D eigenvalue weighted by atomic mass is 16.5. The second-order valence-electron chi connectivity index (χ2n) is 8.01. The maximum Gasteiger partial charge on any atom is 0.338 e. The summed E-state index contributed by atoms with van der Waals surface area (Å²) >= 11 is 0. The molecule has 33 heavy (non-hydrogen) atoms. The van der Waals surface area contributed by atoms with Gasteiger partial charge in [-0.3, -0.25) is 9.59 Å². The SMILES string of the molecule is CCOC(=O)c1ccc2c(c1)NC(=O)C2=CNc1ccc(N(CCCN(C)C)C(C)=O)cc1. The quantitative estimate of drug-likeness (QED) is 0.448. The monoisotopic (exact) mass is 450 g/mol. The highest BCUT2D eigenvalue weighted by Gasteiger charge is 2.25. The van der Waals surface area contributed by atoms with Gasteiger partial charge in [0.25, 0.3) is 5.91 Å². The van der Waals surface area contributed by atoms with Crippen molar-refractivity contribution < 1.29 is 19.1 Å². The Bertz CT molecular complexity index is 1060. The van der Waals surface area contributed by atoms with Crippen molar-refractivity contribution in [2.75, 3.05) is 49.3 Å². The first-order valence-corrected chi connectivity index (χ1v) is 10.9. The number of rotatable bonds is 9. The Labute approximate surface area is 194 Å². The van der Waals surface area contributed by atoms with Crippen LogP contribution in [0.5, 0.6) is 0 Å². The van der Waals surface area contributed by atoms with Gasteiger partial charge in [-0.1, -0.05) is 6.07 Å². The smallest absolute Gasteiger partial charge is 0.338 e. The zero-order valence-electron chi connectivity index (χ0n) is 19.5. The van der Waals surface area contributed by atoms with Gasteiger partial charge in [0.2, 0.25) is 5.91 Å². The van der Waals surface area contributed by atoms with E-state index < -0.39 is 5.97 Å². The average Bonchev–Trinajstić information content (AvgIpc) is 3.09. The van der Waals surface area contributed by atoms with Gasteiger partial charge in [-0.25, -0.2) is 4.79 Å². The molecule has 0 aromatic heterocycles. The molecule has 0 aliphatic carbocycles. The van der Waals surface area contributed by atoms with Crippen molar-refractivity contribution >= 4 is 40.4 Å². The summed E-state index contributed by atoms with van der Waals surface area (Å²) in [5, 5.41) is 5.93. The second-order valence-corrected chi connectivity index (χ2v) is 8.01. The molecular formula is C25H30N4O4. The van der Waals surface area contributed by atoms with E-state index in [9.17, 15) is 14.4 Å². The maximum absolute atomic E-state index is 12.4. The highest BCUT2D eigenvalue weighted by Crippen LogP contribution is 2.32. The summed E-state index contributed by atoms with van der Waals surface area (Å²) in [6.07, 6.45) is 2.52. The molecule has 2 N–H and O–H groups in total. The topological polar surface area (TPSA) is 91.0 Å². The lowest BCUT2D eigenvalue weighted by Crippen LogP contribution is -2.31. The molecule has 8 nitrogen and oxygen atoms in total. The first kappa shape index (κ1) is 24.0. The summed E-state index contributed by atoms with van der Waals surface area (Å²) in [5.41, 5.74) is 3.76. The Morgan fingerprint density at radius 3 is 2.45 bits per heavy atom. The van der Waals surface area contributed by atoms with Crippen LogP contribution in [0.3, 0.4) is 0 Å². The second kappa shape index (κ2) is 10.8. The number of carbonyl (C=O) groups excluding carboxylic acids is 3. The maximum atomic E-state index is 12.4. The number of anilines is 3. The van der Waals surface area contributed by atoms with Crippen molar-refractivity contribution in [2.24, 2.45) is 0 Å². The summed E-state index contributed by atoms with van der Waals surface area (Å²) < 4.78 is 5.01. The Morgan fingerprint density at radius 1 is 1.09 bits per heavy atom. The molecule has 174 valence electrons. The molecule has 8 heteroatoms. The molecule has 2 aromatic rings. The Hall–Kier alpha value is -3.65. The van der Waals surface area contributed by atoms with Crippen LogP contribution in [0.4, 0.5) is 17.1 Å². The molecule has 2 amide bonds. The number of hydrogen-bond donors (Lipinski definition) is 2. The lowest BCUT2D eigenvalue weighted by atomic mass is 10.1. The normalized spacial score (nSPS) is 13.6. The van der Waals surface area contributed by atoms with E-state index in [4.69, 9.17) is 4.74 Å². The molecule has 2 aromatic carbocycles. The number of fused-ring (bicyclic) bond motifs is 1. The Morgan fingerprint density at radius 2 is 1.82 bits per heavy atom. The van der Waals surface area contributed by atoms with Crippen LogP contribution in [0.1, 0.15) is 36.2 Å². The minimum atomic E-state index is -0.425. The van der Waals surface area contributed by atoms with E-state index >= 15 is 0 Å². The standard InChI is InChI=1S/C25H30N4O4/c1-5-33-25(32)18-7-12-21-22(24(31)27-23(21)15-18)16-26-19-8-10-20(11-9-19)29(17(2)30)14-6-13-28(3)4/h7-12,15-16,26H,5-6,13-14H2,1-4H3,(H,27,31). The molecular weight excluding hydrogens is 420 g/mol. The van der Waals surface area contributed by atoms with Crippen LogP contribution < -0.4 is 15.5 Å². The molecule has 0 spiro atoms. The van der Waals surface area contributed by atoms with Crippen molar-refractivity contribution in [3.8, 4) is 0 Å². The van der Waals surface area contributed by atoms with Crippen molar-refractivity contribution in [3.05, 3.63) is 59.8 Å². The van der Waals surface area contributed by atoms with E-state index in [-0.39, 0.29) is 18.4 Å². The zero-order valence-corrected chi connectivity index (χ0v) is 19.5. The summed E-state index contributed by atoms with van der Waals surface area (Å²) in [5.74, 6) is -0.678. The van der Waals surface area contributed by atoms with Crippen molar-refractivity contribution in [2.45, 2.75) is 20.3 Å². The van der Waals surface area contributed by atoms with Crippen LogP contribution in [-0.2, 0) is 14.3 Å². The first-order chi connectivity index (χ1) is 15.8. The molecule has 0 bridgehead atoms. The van der Waals surface area contributed by atoms with Crippen molar-refractivity contribution in [1.29, 1.82) is 0 Å². The fourth-order valence-corrected chi connectivity index (χ4v) is 3.59. The van der Waals surface area contributed by atoms with Gasteiger partial charge in [-0.05, 0) is 70.4 Å². The number of nitrogens with one attached hydrogen (secondary N) is 2. The summed E-state index contributed by atoms with van der Waals surface area (Å²) in [6, 6.07) is 12.5. The molecule has 0 unspecified atom stereocenters. The van der Waals surface area contributed by atoms with Crippen molar-refractivity contribution in [1.82, 2.24) is 4.90 Å². The van der Waals surface area contributed by atoms with Gasteiger partial charge >= 0.3 is 5.97 Å². The number of esters is 1. The van der Waals surface area contributed by atoms with E-state index in [0.717, 1.165) is 24.3 Å². The largest absolute Gasteiger partial charge is 0.462 e. The molecule has 0 saturated heterocycles. The number of ether oxygens (including phenoxy) is 1. The molecule has 0 radical (unpaired) electrons. The number of nitrogens with zero attached hydrogens (tertiary/aromatic N) is 2. The molecule has 3 rings (SSSR count). The Kier molecular flexibility index (Phi) is 7.84. The lowest BCUT2D eigenvalue weighted by molar-refractivity contribution is -0.116. The number of amides is 2. The third-order valence-corrected chi connectivity index (χ3v) is 5.24. The van der Waals surface area contributed by atoms with E-state index in [2.05, 4.69) is 15.5 Å². The third kappa shape index (κ3) is 5.98. The van der Waals surface area contributed by atoms with Gasteiger partial charge in [0, 0.05) is 42.3 Å². The minimum absolute atomic E-state index is 0.00185. The lowest BCUT2D eigenvalue weighted by Gasteiger charge is -2.22. The highest BCUT2D eigenvalue weighted by molar-refractivity contribution is 6.31. The van der Waals surface area contributed by atoms with Crippen LogP contribution in [0.15, 0.2) is 48.7 Å². The minimum Gasteiger partial charge on any atom is -0.462 e. The molecule has 0 fully saturated rings. The zero-order chi connectivity index (χ0) is 24.0. The number of benzene rings is 2. The van der Waals surface area contributed by atoms with Gasteiger partial charge in [-0.15, -0.1) is 0 Å². The number of hydrogen-bond acceptors (Lipinski definition) is 6. The van der Waals surface area contributed by atoms with Gasteiger partial charge in [0.05, 0.1) is 17.7 Å². The van der Waals surface area contributed by atoms with Crippen molar-refractivity contribution in [3.63, 3.8) is 0 Å². The first-order valence-electron chi connectivity index (χ1n) is 10.9. The van der Waals surface area contributed by atoms with Crippen LogP contribution in [0.2, 0.25) is 0 Å². The predicted molar refractivity (Wildman–Crippen MR) is 130 cm³/mol. The average molecular weight is 451 g/mol. The fourth-order valence-electron chi connectivity index (χ4n) is 3.59. The van der Waals surface area contributed by atoms with E-state index in [1.54, 1.807) is 43.1 Å². The summed E-state index contributed by atoms with van der Waals surface area (Å²) in [6.45, 7) is 5.15. The fraction of sp³-hybridized carbons (Fsp3) is 0.320. The molecule has 1 heterocycles. The Balaban J connectivity index is 1.71. The van der Waals surface area contributed by atoms with E-state index in [1.807, 2.05) is 38.4 Å². The van der Waals surface area contributed by atoms with Gasteiger partial charge in [0.1, 0.15) is 0 Å². The summed E-state index contributed by atoms with van der Waals surface area (Å²) in [7, 11) is 4.02. The van der Waals surface area contributed by atoms with Gasteiger partial charge < -0.3 is 25.2 Å². The van der Waals surface area contributed by atoms with Gasteiger partial charge in [0.15, 0.2) is 0 Å². The molecule has 1 aliphatic heterocycles. The molecule has 0 atom stereocenters. The van der Waals surface area contributed by atoms with Crippen LogP contribution >= 0.6 is 0 Å². The van der Waals surface area contributed by atoms with E-state index in [0.29, 0.717) is 28.9 Å².